The number of hydrogen-bond donors (Lipinski definition) is 2. The van der Waals surface area contributed by atoms with Crippen LogP contribution in [0.5, 0.6) is 5.75 Å². The highest BCUT2D eigenvalue weighted by Gasteiger charge is 2.15. The summed E-state index contributed by atoms with van der Waals surface area (Å²) in [6, 6.07) is 8.36. The first-order valence-electron chi connectivity index (χ1n) is 7.28. The fourth-order valence-corrected chi connectivity index (χ4v) is 2.32. The first-order valence-corrected chi connectivity index (χ1v) is 7.28. The fraction of sp³-hybridized carbons (Fsp3) is 0.625. The van der Waals surface area contributed by atoms with Crippen molar-refractivity contribution >= 4 is 0 Å². The molecule has 0 spiro atoms. The Balaban J connectivity index is 2.58. The van der Waals surface area contributed by atoms with E-state index in [2.05, 4.69) is 36.4 Å². The van der Waals surface area contributed by atoms with Gasteiger partial charge in [0.25, 0.3) is 0 Å². The summed E-state index contributed by atoms with van der Waals surface area (Å²) in [5.74, 6) is 0.868. The van der Waals surface area contributed by atoms with Crippen LogP contribution in [0, 0.1) is 0 Å². The highest BCUT2D eigenvalue weighted by Crippen LogP contribution is 2.21. The van der Waals surface area contributed by atoms with E-state index < -0.39 is 0 Å². The summed E-state index contributed by atoms with van der Waals surface area (Å²) >= 11 is 0. The zero-order valence-electron chi connectivity index (χ0n) is 13.8. The SMILES string of the molecule is COc1cccc(C(CNCC(O)CN(C)C)N(C)C)c1. The molecule has 0 aliphatic heterocycles. The standard InChI is InChI=1S/C16H29N3O2/c1-18(2)12-14(20)10-17-11-16(19(3)4)13-7-6-8-15(9-13)21-5/h6-9,14,16-17,20H,10-12H2,1-5H3. The lowest BCUT2D eigenvalue weighted by Crippen LogP contribution is -2.38. The second-order valence-corrected chi connectivity index (χ2v) is 5.83. The molecule has 0 bridgehead atoms. The van der Waals surface area contributed by atoms with Gasteiger partial charge in [0.1, 0.15) is 5.75 Å². The Morgan fingerprint density at radius 2 is 1.90 bits per heavy atom. The smallest absolute Gasteiger partial charge is 0.119 e. The predicted molar refractivity (Wildman–Crippen MR) is 86.9 cm³/mol. The van der Waals surface area contributed by atoms with Crippen molar-refractivity contribution in [3.8, 4) is 5.75 Å². The Bertz CT molecular complexity index is 410. The Kier molecular flexibility index (Phi) is 7.67. The van der Waals surface area contributed by atoms with Crippen LogP contribution in [0.25, 0.3) is 0 Å². The summed E-state index contributed by atoms with van der Waals surface area (Å²) in [4.78, 5) is 4.15. The Morgan fingerprint density at radius 3 is 2.48 bits per heavy atom. The maximum absolute atomic E-state index is 9.89. The van der Waals surface area contributed by atoms with E-state index in [1.54, 1.807) is 7.11 Å². The van der Waals surface area contributed by atoms with Gasteiger partial charge in [-0.15, -0.1) is 0 Å². The highest BCUT2D eigenvalue weighted by atomic mass is 16.5. The molecular formula is C16H29N3O2. The minimum absolute atomic E-state index is 0.242. The third-order valence-electron chi connectivity index (χ3n) is 3.40. The number of nitrogens with one attached hydrogen (secondary N) is 1. The molecule has 120 valence electrons. The molecule has 0 amide bonds. The number of likely N-dealkylation sites (N-methyl/N-ethyl adjacent to an activating group) is 2. The molecule has 2 unspecified atom stereocenters. The van der Waals surface area contributed by atoms with Gasteiger partial charge in [0.15, 0.2) is 0 Å². The number of nitrogens with zero attached hydrogens (tertiary/aromatic N) is 2. The maximum atomic E-state index is 9.89. The minimum atomic E-state index is -0.354. The number of aliphatic hydroxyl groups excluding tert-OH is 1. The van der Waals surface area contributed by atoms with Crippen LogP contribution in [0.3, 0.4) is 0 Å². The largest absolute Gasteiger partial charge is 0.497 e. The first-order chi connectivity index (χ1) is 9.93. The van der Waals surface area contributed by atoms with Crippen LogP contribution in [0.2, 0.25) is 0 Å². The van der Waals surface area contributed by atoms with Crippen LogP contribution in [0.4, 0.5) is 0 Å². The van der Waals surface area contributed by atoms with E-state index in [-0.39, 0.29) is 12.1 Å². The summed E-state index contributed by atoms with van der Waals surface area (Å²) < 4.78 is 5.29. The molecule has 1 rings (SSSR count). The molecule has 0 aliphatic rings. The average molecular weight is 295 g/mol. The molecule has 21 heavy (non-hydrogen) atoms. The van der Waals surface area contributed by atoms with E-state index in [0.29, 0.717) is 13.1 Å². The van der Waals surface area contributed by atoms with Gasteiger partial charge in [-0.1, -0.05) is 12.1 Å². The molecule has 0 aliphatic carbocycles. The fourth-order valence-electron chi connectivity index (χ4n) is 2.32. The van der Waals surface area contributed by atoms with Crippen LogP contribution in [0.15, 0.2) is 24.3 Å². The summed E-state index contributed by atoms with van der Waals surface area (Å²) in [6.45, 7) is 2.04. The first kappa shape index (κ1) is 17.9. The van der Waals surface area contributed by atoms with E-state index in [4.69, 9.17) is 4.74 Å². The van der Waals surface area contributed by atoms with Crippen molar-refractivity contribution in [2.75, 3.05) is 54.9 Å². The van der Waals surface area contributed by atoms with Gasteiger partial charge in [-0.05, 0) is 45.9 Å². The average Bonchev–Trinajstić information content (AvgIpc) is 2.42. The van der Waals surface area contributed by atoms with Gasteiger partial charge < -0.3 is 25.0 Å². The Labute approximate surface area is 128 Å². The molecule has 0 aromatic heterocycles. The van der Waals surface area contributed by atoms with Crippen molar-refractivity contribution in [3.05, 3.63) is 29.8 Å². The van der Waals surface area contributed by atoms with E-state index in [1.165, 1.54) is 5.56 Å². The van der Waals surface area contributed by atoms with Crippen molar-refractivity contribution in [1.82, 2.24) is 15.1 Å². The predicted octanol–water partition coefficient (Wildman–Crippen LogP) is 0.810. The molecule has 0 heterocycles. The number of rotatable bonds is 9. The van der Waals surface area contributed by atoms with Gasteiger partial charge in [0.05, 0.1) is 13.2 Å². The van der Waals surface area contributed by atoms with Crippen LogP contribution in [-0.4, -0.2) is 75.9 Å². The maximum Gasteiger partial charge on any atom is 0.119 e. The van der Waals surface area contributed by atoms with Gasteiger partial charge in [0.2, 0.25) is 0 Å². The molecule has 0 fully saturated rings. The van der Waals surface area contributed by atoms with Gasteiger partial charge >= 0.3 is 0 Å². The van der Waals surface area contributed by atoms with Crippen LogP contribution in [-0.2, 0) is 0 Å². The molecule has 0 radical (unpaired) electrons. The molecule has 5 nitrogen and oxygen atoms in total. The number of aliphatic hydroxyl groups is 1. The van der Waals surface area contributed by atoms with Crippen molar-refractivity contribution in [2.45, 2.75) is 12.1 Å². The second-order valence-electron chi connectivity index (χ2n) is 5.83. The molecule has 1 aromatic carbocycles. The van der Waals surface area contributed by atoms with E-state index in [9.17, 15) is 5.11 Å². The summed E-state index contributed by atoms with van der Waals surface area (Å²) in [6.07, 6.45) is -0.354. The summed E-state index contributed by atoms with van der Waals surface area (Å²) in [5.41, 5.74) is 1.20. The third-order valence-corrected chi connectivity index (χ3v) is 3.40. The van der Waals surface area contributed by atoms with Gasteiger partial charge in [-0.3, -0.25) is 0 Å². The molecule has 5 heteroatoms. The zero-order valence-corrected chi connectivity index (χ0v) is 13.8. The van der Waals surface area contributed by atoms with Crippen molar-refractivity contribution in [3.63, 3.8) is 0 Å². The normalized spacial score (nSPS) is 14.5. The molecule has 0 saturated carbocycles. The van der Waals surface area contributed by atoms with E-state index in [0.717, 1.165) is 12.3 Å². The van der Waals surface area contributed by atoms with Crippen LogP contribution < -0.4 is 10.1 Å². The van der Waals surface area contributed by atoms with Crippen molar-refractivity contribution in [2.24, 2.45) is 0 Å². The molecule has 2 N–H and O–H groups in total. The van der Waals surface area contributed by atoms with E-state index in [1.807, 2.05) is 31.1 Å². The number of hydrogen-bond acceptors (Lipinski definition) is 5. The van der Waals surface area contributed by atoms with Crippen LogP contribution >= 0.6 is 0 Å². The van der Waals surface area contributed by atoms with Gasteiger partial charge in [-0.2, -0.15) is 0 Å². The lowest BCUT2D eigenvalue weighted by Gasteiger charge is -2.26. The Hall–Kier alpha value is -1.14. The molecular weight excluding hydrogens is 266 g/mol. The van der Waals surface area contributed by atoms with Crippen molar-refractivity contribution < 1.29 is 9.84 Å². The summed E-state index contributed by atoms with van der Waals surface area (Å²) in [7, 11) is 9.72. The molecule has 0 saturated heterocycles. The second kappa shape index (κ2) is 9.00. The van der Waals surface area contributed by atoms with Gasteiger partial charge in [-0.25, -0.2) is 0 Å². The minimum Gasteiger partial charge on any atom is -0.497 e. The summed E-state index contributed by atoms with van der Waals surface area (Å²) in [5, 5.41) is 13.2. The lowest BCUT2D eigenvalue weighted by atomic mass is 10.1. The Morgan fingerprint density at radius 1 is 1.19 bits per heavy atom. The van der Waals surface area contributed by atoms with Crippen molar-refractivity contribution in [1.29, 1.82) is 0 Å². The topological polar surface area (TPSA) is 48.0 Å². The lowest BCUT2D eigenvalue weighted by molar-refractivity contribution is 0.132. The number of ether oxygens (including phenoxy) is 1. The monoisotopic (exact) mass is 295 g/mol. The van der Waals surface area contributed by atoms with Crippen LogP contribution in [0.1, 0.15) is 11.6 Å². The highest BCUT2D eigenvalue weighted by molar-refractivity contribution is 5.30. The number of benzene rings is 1. The molecule has 1 aromatic rings. The third kappa shape index (κ3) is 6.44. The molecule has 2 atom stereocenters. The van der Waals surface area contributed by atoms with E-state index >= 15 is 0 Å². The number of methoxy groups -OCH3 is 1. The quantitative estimate of drug-likeness (QED) is 0.706. The zero-order chi connectivity index (χ0) is 15.8. The van der Waals surface area contributed by atoms with Gasteiger partial charge in [0, 0.05) is 25.7 Å².